The zero-order valence-electron chi connectivity index (χ0n) is 16.1. The number of benzene rings is 1. The minimum atomic E-state index is -0.156. The van der Waals surface area contributed by atoms with Crippen LogP contribution in [0.2, 0.25) is 0 Å². The van der Waals surface area contributed by atoms with Crippen LogP contribution in [-0.2, 0) is 0 Å². The van der Waals surface area contributed by atoms with E-state index in [1.807, 2.05) is 0 Å². The number of amides is 1. The number of carbonyl (C=O) groups is 1. The number of nitrogens with one attached hydrogen (secondary N) is 2. The quantitative estimate of drug-likeness (QED) is 0.687. The molecule has 0 aliphatic carbocycles. The van der Waals surface area contributed by atoms with Crippen molar-refractivity contribution in [3.63, 3.8) is 0 Å². The van der Waals surface area contributed by atoms with Crippen molar-refractivity contribution in [2.24, 2.45) is 0 Å². The summed E-state index contributed by atoms with van der Waals surface area (Å²) in [6.45, 7) is 5.09. The maximum Gasteiger partial charge on any atom is 0.270 e. The summed E-state index contributed by atoms with van der Waals surface area (Å²) in [5.41, 5.74) is 2.59. The highest BCUT2D eigenvalue weighted by Gasteiger charge is 2.11. The molecule has 27 heavy (non-hydrogen) atoms. The SMILES string of the molecule is CCCCCNC(=O)c1cc(Nc2ccc(N3CCCCC3)cc2)ncn1. The predicted octanol–water partition coefficient (Wildman–Crippen LogP) is 4.13. The Morgan fingerprint density at radius 1 is 1.07 bits per heavy atom. The minimum absolute atomic E-state index is 0.156. The molecule has 1 aromatic heterocycles. The number of piperidine rings is 1. The van der Waals surface area contributed by atoms with Gasteiger partial charge in [-0.1, -0.05) is 19.8 Å². The summed E-state index contributed by atoms with van der Waals surface area (Å²) < 4.78 is 0. The van der Waals surface area contributed by atoms with Crippen molar-refractivity contribution >= 4 is 23.1 Å². The molecule has 3 rings (SSSR count). The van der Waals surface area contributed by atoms with Crippen LogP contribution in [0.4, 0.5) is 17.2 Å². The first-order valence-corrected chi connectivity index (χ1v) is 9.98. The van der Waals surface area contributed by atoms with E-state index in [9.17, 15) is 4.79 Å². The Morgan fingerprint density at radius 2 is 1.85 bits per heavy atom. The van der Waals surface area contributed by atoms with E-state index >= 15 is 0 Å². The molecule has 1 aliphatic heterocycles. The second kappa shape index (κ2) is 9.90. The van der Waals surface area contributed by atoms with Crippen LogP contribution in [-0.4, -0.2) is 35.5 Å². The number of unbranched alkanes of at least 4 members (excludes halogenated alkanes) is 2. The zero-order chi connectivity index (χ0) is 18.9. The van der Waals surface area contributed by atoms with Crippen LogP contribution < -0.4 is 15.5 Å². The third-order valence-corrected chi connectivity index (χ3v) is 4.83. The summed E-state index contributed by atoms with van der Waals surface area (Å²) in [6, 6.07) is 10.1. The topological polar surface area (TPSA) is 70.2 Å². The lowest BCUT2D eigenvalue weighted by atomic mass is 10.1. The highest BCUT2D eigenvalue weighted by molar-refractivity contribution is 5.92. The second-order valence-electron chi connectivity index (χ2n) is 6.97. The molecular weight excluding hydrogens is 338 g/mol. The van der Waals surface area contributed by atoms with Gasteiger partial charge in [0, 0.05) is 37.1 Å². The van der Waals surface area contributed by atoms with Gasteiger partial charge < -0.3 is 15.5 Å². The number of anilines is 3. The van der Waals surface area contributed by atoms with Gasteiger partial charge in [-0.05, 0) is 49.9 Å². The molecule has 1 aliphatic rings. The molecular formula is C21H29N5O. The normalized spacial score (nSPS) is 14.0. The summed E-state index contributed by atoms with van der Waals surface area (Å²) in [5.74, 6) is 0.464. The van der Waals surface area contributed by atoms with Crippen molar-refractivity contribution in [2.75, 3.05) is 29.9 Å². The zero-order valence-corrected chi connectivity index (χ0v) is 16.1. The molecule has 1 fully saturated rings. The Kier molecular flexibility index (Phi) is 7.02. The Morgan fingerprint density at radius 3 is 2.59 bits per heavy atom. The fourth-order valence-corrected chi connectivity index (χ4v) is 3.27. The fourth-order valence-electron chi connectivity index (χ4n) is 3.27. The van der Waals surface area contributed by atoms with Gasteiger partial charge >= 0.3 is 0 Å². The summed E-state index contributed by atoms with van der Waals surface area (Å²) in [4.78, 5) is 22.9. The minimum Gasteiger partial charge on any atom is -0.372 e. The maximum atomic E-state index is 12.2. The van der Waals surface area contributed by atoms with Crippen molar-refractivity contribution in [3.8, 4) is 0 Å². The van der Waals surface area contributed by atoms with E-state index in [1.54, 1.807) is 6.07 Å². The standard InChI is InChI=1S/C21H29N5O/c1-2-3-5-12-22-21(27)19-15-20(24-16-23-19)25-17-8-10-18(11-9-17)26-13-6-4-7-14-26/h8-11,15-16H,2-7,12-14H2,1H3,(H,22,27)(H,23,24,25). The lowest BCUT2D eigenvalue weighted by Gasteiger charge is -2.28. The molecule has 1 saturated heterocycles. The Bertz CT molecular complexity index is 726. The van der Waals surface area contributed by atoms with Crippen LogP contribution in [0.1, 0.15) is 55.9 Å². The lowest BCUT2D eigenvalue weighted by Crippen LogP contribution is -2.29. The predicted molar refractivity (Wildman–Crippen MR) is 110 cm³/mol. The maximum absolute atomic E-state index is 12.2. The molecule has 6 heteroatoms. The molecule has 144 valence electrons. The molecule has 2 N–H and O–H groups in total. The van der Waals surface area contributed by atoms with E-state index in [0.29, 0.717) is 18.1 Å². The molecule has 0 unspecified atom stereocenters. The average Bonchev–Trinajstić information content (AvgIpc) is 2.72. The molecule has 0 bridgehead atoms. The van der Waals surface area contributed by atoms with E-state index in [2.05, 4.69) is 56.7 Å². The number of nitrogens with zero attached hydrogens (tertiary/aromatic N) is 3. The van der Waals surface area contributed by atoms with E-state index < -0.39 is 0 Å². The fraction of sp³-hybridized carbons (Fsp3) is 0.476. The Labute approximate surface area is 161 Å². The molecule has 0 saturated carbocycles. The molecule has 2 aromatic rings. The summed E-state index contributed by atoms with van der Waals surface area (Å²) in [5, 5.41) is 6.16. The van der Waals surface area contributed by atoms with E-state index in [-0.39, 0.29) is 5.91 Å². The molecule has 2 heterocycles. The van der Waals surface area contributed by atoms with Gasteiger partial charge in [-0.15, -0.1) is 0 Å². The number of rotatable bonds is 8. The second-order valence-corrected chi connectivity index (χ2v) is 6.97. The number of carbonyl (C=O) groups excluding carboxylic acids is 1. The van der Waals surface area contributed by atoms with Crippen molar-refractivity contribution in [1.29, 1.82) is 0 Å². The highest BCUT2D eigenvalue weighted by Crippen LogP contribution is 2.23. The summed E-state index contributed by atoms with van der Waals surface area (Å²) in [7, 11) is 0. The third-order valence-electron chi connectivity index (χ3n) is 4.83. The summed E-state index contributed by atoms with van der Waals surface area (Å²) >= 11 is 0. The summed E-state index contributed by atoms with van der Waals surface area (Å²) in [6.07, 6.45) is 8.53. The van der Waals surface area contributed by atoms with Crippen molar-refractivity contribution in [3.05, 3.63) is 42.4 Å². The van der Waals surface area contributed by atoms with Crippen molar-refractivity contribution < 1.29 is 4.79 Å². The van der Waals surface area contributed by atoms with Gasteiger partial charge in [0.05, 0.1) is 0 Å². The van der Waals surface area contributed by atoms with E-state index in [1.165, 1.54) is 31.3 Å². The number of aromatic nitrogens is 2. The first kappa shape index (κ1) is 19.1. The largest absolute Gasteiger partial charge is 0.372 e. The average molecular weight is 367 g/mol. The first-order chi connectivity index (χ1) is 13.3. The van der Waals surface area contributed by atoms with Gasteiger partial charge in [-0.2, -0.15) is 0 Å². The number of hydrogen-bond donors (Lipinski definition) is 2. The molecule has 1 aromatic carbocycles. The highest BCUT2D eigenvalue weighted by atomic mass is 16.1. The van der Waals surface area contributed by atoms with Crippen molar-refractivity contribution in [1.82, 2.24) is 15.3 Å². The van der Waals surface area contributed by atoms with Gasteiger partial charge in [0.2, 0.25) is 0 Å². The van der Waals surface area contributed by atoms with Gasteiger partial charge in [0.25, 0.3) is 5.91 Å². The van der Waals surface area contributed by atoms with Gasteiger partial charge in [0.1, 0.15) is 17.8 Å². The van der Waals surface area contributed by atoms with Crippen LogP contribution in [0, 0.1) is 0 Å². The third kappa shape index (κ3) is 5.67. The molecule has 0 radical (unpaired) electrons. The Hall–Kier alpha value is -2.63. The van der Waals surface area contributed by atoms with Crippen molar-refractivity contribution in [2.45, 2.75) is 45.4 Å². The number of hydrogen-bond acceptors (Lipinski definition) is 5. The molecule has 0 atom stereocenters. The molecule has 0 spiro atoms. The van der Waals surface area contributed by atoms with Gasteiger partial charge in [-0.3, -0.25) is 4.79 Å². The Balaban J connectivity index is 1.58. The van der Waals surface area contributed by atoms with E-state index in [0.717, 1.165) is 38.0 Å². The van der Waals surface area contributed by atoms with Gasteiger partial charge in [-0.25, -0.2) is 9.97 Å². The van der Waals surface area contributed by atoms with Crippen LogP contribution in [0.15, 0.2) is 36.7 Å². The lowest BCUT2D eigenvalue weighted by molar-refractivity contribution is 0.0948. The monoisotopic (exact) mass is 367 g/mol. The van der Waals surface area contributed by atoms with Crippen LogP contribution in [0.3, 0.4) is 0 Å². The smallest absolute Gasteiger partial charge is 0.270 e. The van der Waals surface area contributed by atoms with Gasteiger partial charge in [0.15, 0.2) is 0 Å². The molecule has 1 amide bonds. The first-order valence-electron chi connectivity index (χ1n) is 9.98. The molecule has 6 nitrogen and oxygen atoms in total. The van der Waals surface area contributed by atoms with Crippen LogP contribution >= 0.6 is 0 Å². The van der Waals surface area contributed by atoms with E-state index in [4.69, 9.17) is 0 Å². The van der Waals surface area contributed by atoms with Crippen LogP contribution in [0.5, 0.6) is 0 Å². The van der Waals surface area contributed by atoms with Crippen LogP contribution in [0.25, 0.3) is 0 Å².